The number of rotatable bonds is 5. The Bertz CT molecular complexity index is 929. The predicted molar refractivity (Wildman–Crippen MR) is 96.1 cm³/mol. The van der Waals surface area contributed by atoms with Crippen molar-refractivity contribution in [3.8, 4) is 5.75 Å². The van der Waals surface area contributed by atoms with Crippen molar-refractivity contribution in [3.05, 3.63) is 75.0 Å². The number of hydrogen-bond acceptors (Lipinski definition) is 6. The number of esters is 1. The minimum atomic E-state index is -0.600. The van der Waals surface area contributed by atoms with Gasteiger partial charge in [-0.1, -0.05) is 18.2 Å². The van der Waals surface area contributed by atoms with Crippen LogP contribution in [0.25, 0.3) is 6.08 Å². The van der Waals surface area contributed by atoms with E-state index in [0.29, 0.717) is 17.7 Å². The van der Waals surface area contributed by atoms with Crippen LogP contribution in [0, 0.1) is 17.0 Å². The van der Waals surface area contributed by atoms with E-state index in [9.17, 15) is 14.9 Å². The van der Waals surface area contributed by atoms with Gasteiger partial charge in [-0.05, 0) is 43.7 Å². The van der Waals surface area contributed by atoms with Crippen molar-refractivity contribution < 1.29 is 19.2 Å². The second kappa shape index (κ2) is 7.18. The van der Waals surface area contributed by atoms with Gasteiger partial charge in [-0.2, -0.15) is 0 Å². The topological polar surface area (TPSA) is 91.0 Å². The maximum Gasteiger partial charge on any atom is 0.363 e. The molecule has 0 aliphatic carbocycles. The number of carbonyl (C=O) groups excluding carboxylic acids is 1. The Morgan fingerprint density at radius 2 is 1.96 bits per heavy atom. The van der Waals surface area contributed by atoms with E-state index in [4.69, 9.17) is 9.47 Å². The lowest BCUT2D eigenvalue weighted by atomic mass is 10.1. The van der Waals surface area contributed by atoms with Gasteiger partial charge in [0, 0.05) is 17.2 Å². The fraction of sp³-hybridized carbons (Fsp3) is 0.158. The van der Waals surface area contributed by atoms with Crippen LogP contribution in [-0.4, -0.2) is 23.4 Å². The molecular formula is C19H16N2O5. The molecule has 7 heteroatoms. The highest BCUT2D eigenvalue weighted by Crippen LogP contribution is 2.24. The van der Waals surface area contributed by atoms with Crippen molar-refractivity contribution in [3.63, 3.8) is 0 Å². The van der Waals surface area contributed by atoms with Gasteiger partial charge in [-0.3, -0.25) is 10.1 Å². The Balaban J connectivity index is 1.89. The highest BCUT2D eigenvalue weighted by molar-refractivity contribution is 6.13. The molecule has 1 heterocycles. The Morgan fingerprint density at radius 1 is 1.23 bits per heavy atom. The first-order valence-corrected chi connectivity index (χ1v) is 7.98. The lowest BCUT2D eigenvalue weighted by Gasteiger charge is -2.02. The molecule has 0 unspecified atom stereocenters. The van der Waals surface area contributed by atoms with E-state index in [1.807, 2.05) is 6.92 Å². The van der Waals surface area contributed by atoms with Crippen molar-refractivity contribution in [2.45, 2.75) is 13.8 Å². The molecule has 0 radical (unpaired) electrons. The van der Waals surface area contributed by atoms with Crippen LogP contribution in [0.1, 0.15) is 23.6 Å². The van der Waals surface area contributed by atoms with Crippen LogP contribution in [-0.2, 0) is 9.53 Å². The van der Waals surface area contributed by atoms with E-state index in [1.165, 1.54) is 6.07 Å². The third-order valence-corrected chi connectivity index (χ3v) is 3.77. The lowest BCUT2D eigenvalue weighted by molar-refractivity contribution is -0.385. The Hall–Kier alpha value is -3.48. The summed E-state index contributed by atoms with van der Waals surface area (Å²) in [5.74, 6) is 0.187. The van der Waals surface area contributed by atoms with Crippen LogP contribution in [0.3, 0.4) is 0 Å². The Labute approximate surface area is 149 Å². The molecule has 0 fully saturated rings. The average molecular weight is 352 g/mol. The van der Waals surface area contributed by atoms with Gasteiger partial charge in [0.25, 0.3) is 5.69 Å². The number of benzene rings is 2. The number of cyclic esters (lactones) is 1. The first-order valence-electron chi connectivity index (χ1n) is 7.98. The van der Waals surface area contributed by atoms with Crippen molar-refractivity contribution in [2.24, 2.45) is 4.99 Å². The molecule has 0 bridgehead atoms. The summed E-state index contributed by atoms with van der Waals surface area (Å²) in [7, 11) is 0. The Kier molecular flexibility index (Phi) is 4.79. The summed E-state index contributed by atoms with van der Waals surface area (Å²) in [5, 5.41) is 11.1. The van der Waals surface area contributed by atoms with E-state index in [1.54, 1.807) is 49.4 Å². The quantitative estimate of drug-likeness (QED) is 0.354. The van der Waals surface area contributed by atoms with E-state index < -0.39 is 10.9 Å². The molecule has 0 saturated carbocycles. The highest BCUT2D eigenvalue weighted by Gasteiger charge is 2.25. The summed E-state index contributed by atoms with van der Waals surface area (Å²) in [5.41, 5.74) is 1.75. The molecule has 26 heavy (non-hydrogen) atoms. The molecule has 0 aromatic heterocycles. The molecule has 0 amide bonds. The largest absolute Gasteiger partial charge is 0.494 e. The third kappa shape index (κ3) is 3.61. The number of ether oxygens (including phenoxy) is 2. The molecule has 0 saturated heterocycles. The summed E-state index contributed by atoms with van der Waals surface area (Å²) >= 11 is 0. The first-order chi connectivity index (χ1) is 12.5. The molecular weight excluding hydrogens is 336 g/mol. The lowest BCUT2D eigenvalue weighted by Crippen LogP contribution is -2.06. The van der Waals surface area contributed by atoms with Crippen LogP contribution in [0.2, 0.25) is 0 Å². The molecule has 1 aliphatic rings. The number of nitro benzene ring substituents is 1. The second-order valence-electron chi connectivity index (χ2n) is 5.60. The second-order valence-corrected chi connectivity index (χ2v) is 5.60. The third-order valence-electron chi connectivity index (χ3n) is 3.77. The number of aryl methyl sites for hydroxylation is 1. The van der Waals surface area contributed by atoms with Crippen LogP contribution in [0.15, 0.2) is 53.2 Å². The van der Waals surface area contributed by atoms with Gasteiger partial charge in [-0.15, -0.1) is 0 Å². The number of nitro groups is 1. The molecule has 2 aromatic carbocycles. The molecule has 0 atom stereocenters. The standard InChI is InChI=1S/C19H16N2O5/c1-3-25-15-8-5-13(6-9-15)10-16-19(22)26-18(20-16)14-7-4-12(2)17(11-14)21(23)24/h4-11H,3H2,1-2H3/b16-10+. The zero-order valence-corrected chi connectivity index (χ0v) is 14.3. The number of aliphatic imine (C=N–C) groups is 1. The molecule has 132 valence electrons. The Morgan fingerprint density at radius 3 is 2.62 bits per heavy atom. The van der Waals surface area contributed by atoms with Crippen molar-refractivity contribution >= 4 is 23.6 Å². The summed E-state index contributed by atoms with van der Waals surface area (Å²) in [6.45, 7) is 4.11. The van der Waals surface area contributed by atoms with Gasteiger partial charge in [0.15, 0.2) is 5.70 Å². The number of nitrogens with zero attached hydrogens (tertiary/aromatic N) is 2. The van der Waals surface area contributed by atoms with Gasteiger partial charge in [0.1, 0.15) is 5.75 Å². The summed E-state index contributed by atoms with van der Waals surface area (Å²) in [6, 6.07) is 11.8. The maximum atomic E-state index is 12.1. The SMILES string of the molecule is CCOc1ccc(/C=C2/N=C(c3ccc(C)c([N+](=O)[O-])c3)OC2=O)cc1. The fourth-order valence-electron chi connectivity index (χ4n) is 2.46. The van der Waals surface area contributed by atoms with Crippen LogP contribution in [0.5, 0.6) is 5.75 Å². The summed E-state index contributed by atoms with van der Waals surface area (Å²) in [4.78, 5) is 26.8. The van der Waals surface area contributed by atoms with E-state index >= 15 is 0 Å². The van der Waals surface area contributed by atoms with Crippen molar-refractivity contribution in [1.29, 1.82) is 0 Å². The molecule has 7 nitrogen and oxygen atoms in total. The average Bonchev–Trinajstić information content (AvgIpc) is 2.97. The first kappa shape index (κ1) is 17.3. The van der Waals surface area contributed by atoms with Crippen LogP contribution >= 0.6 is 0 Å². The van der Waals surface area contributed by atoms with Gasteiger partial charge in [0.05, 0.1) is 11.5 Å². The smallest absolute Gasteiger partial charge is 0.363 e. The fourth-order valence-corrected chi connectivity index (χ4v) is 2.46. The summed E-state index contributed by atoms with van der Waals surface area (Å²) in [6.07, 6.45) is 1.59. The van der Waals surface area contributed by atoms with Gasteiger partial charge in [0.2, 0.25) is 5.90 Å². The van der Waals surface area contributed by atoms with Crippen molar-refractivity contribution in [1.82, 2.24) is 0 Å². The van der Waals surface area contributed by atoms with Gasteiger partial charge < -0.3 is 9.47 Å². The normalized spacial score (nSPS) is 14.9. The monoisotopic (exact) mass is 352 g/mol. The predicted octanol–water partition coefficient (Wildman–Crippen LogP) is 3.65. The zero-order valence-electron chi connectivity index (χ0n) is 14.3. The minimum absolute atomic E-state index is 0.0507. The molecule has 0 N–H and O–H groups in total. The summed E-state index contributed by atoms with van der Waals surface area (Å²) < 4.78 is 10.5. The maximum absolute atomic E-state index is 12.1. The minimum Gasteiger partial charge on any atom is -0.494 e. The zero-order chi connectivity index (χ0) is 18.7. The van der Waals surface area contributed by atoms with Crippen LogP contribution in [0.4, 0.5) is 5.69 Å². The van der Waals surface area contributed by atoms with E-state index in [2.05, 4.69) is 4.99 Å². The molecule has 3 rings (SSSR count). The number of hydrogen-bond donors (Lipinski definition) is 0. The highest BCUT2D eigenvalue weighted by atomic mass is 16.6. The van der Waals surface area contributed by atoms with Gasteiger partial charge >= 0.3 is 5.97 Å². The van der Waals surface area contributed by atoms with Gasteiger partial charge in [-0.25, -0.2) is 9.79 Å². The van der Waals surface area contributed by atoms with Crippen LogP contribution < -0.4 is 4.74 Å². The molecule has 1 aliphatic heterocycles. The van der Waals surface area contributed by atoms with Crippen molar-refractivity contribution in [2.75, 3.05) is 6.61 Å². The molecule has 2 aromatic rings. The molecule has 0 spiro atoms. The number of carbonyl (C=O) groups is 1. The van der Waals surface area contributed by atoms with E-state index in [0.717, 1.165) is 11.3 Å². The van der Waals surface area contributed by atoms with E-state index in [-0.39, 0.29) is 17.3 Å².